The lowest BCUT2D eigenvalue weighted by Gasteiger charge is -2.08. The highest BCUT2D eigenvalue weighted by Gasteiger charge is 2.18. The van der Waals surface area contributed by atoms with E-state index in [-0.39, 0.29) is 17.1 Å². The molecule has 0 saturated carbocycles. The van der Waals surface area contributed by atoms with Crippen molar-refractivity contribution in [2.45, 2.75) is 6.92 Å². The largest absolute Gasteiger partial charge is 0.496 e. The number of ether oxygens (including phenoxy) is 1. The topological polar surface area (TPSA) is 26.3 Å². The average molecular weight is 244 g/mol. The molecule has 0 spiro atoms. The van der Waals surface area contributed by atoms with E-state index in [2.05, 4.69) is 0 Å². The molecule has 92 valence electrons. The Balaban J connectivity index is 2.49. The Morgan fingerprint density at radius 1 is 1.11 bits per heavy atom. The zero-order chi connectivity index (χ0) is 13.1. The maximum absolute atomic E-state index is 13.8. The van der Waals surface area contributed by atoms with Gasteiger partial charge in [0.1, 0.15) is 17.1 Å². The number of carbonyl (C=O) groups is 1. The van der Waals surface area contributed by atoms with Gasteiger partial charge in [-0.2, -0.15) is 0 Å². The molecule has 3 heteroatoms. The van der Waals surface area contributed by atoms with Crippen LogP contribution in [0, 0.1) is 12.7 Å². The van der Waals surface area contributed by atoms with Crippen LogP contribution in [-0.2, 0) is 0 Å². The Morgan fingerprint density at radius 3 is 2.39 bits per heavy atom. The van der Waals surface area contributed by atoms with Crippen molar-refractivity contribution in [2.24, 2.45) is 0 Å². The smallest absolute Gasteiger partial charge is 0.199 e. The van der Waals surface area contributed by atoms with Crippen LogP contribution in [0.25, 0.3) is 0 Å². The number of carbonyl (C=O) groups excluding carboxylic acids is 1. The monoisotopic (exact) mass is 244 g/mol. The van der Waals surface area contributed by atoms with Gasteiger partial charge in [0, 0.05) is 5.56 Å². The molecular formula is C15H13FO2. The lowest BCUT2D eigenvalue weighted by atomic mass is 10.0. The third-order valence-electron chi connectivity index (χ3n) is 2.74. The number of rotatable bonds is 3. The third-order valence-corrected chi connectivity index (χ3v) is 2.74. The molecule has 0 saturated heterocycles. The van der Waals surface area contributed by atoms with Crippen LogP contribution in [-0.4, -0.2) is 12.9 Å². The van der Waals surface area contributed by atoms with Crippen molar-refractivity contribution in [1.82, 2.24) is 0 Å². The number of hydrogen-bond acceptors (Lipinski definition) is 2. The van der Waals surface area contributed by atoms with E-state index in [4.69, 9.17) is 4.74 Å². The minimum Gasteiger partial charge on any atom is -0.496 e. The maximum atomic E-state index is 13.8. The maximum Gasteiger partial charge on any atom is 0.199 e. The molecule has 0 amide bonds. The lowest BCUT2D eigenvalue weighted by molar-refractivity contribution is 0.103. The number of hydrogen-bond donors (Lipinski definition) is 0. The van der Waals surface area contributed by atoms with E-state index in [1.165, 1.54) is 19.2 Å². The number of aryl methyl sites for hydroxylation is 1. The molecule has 2 aromatic rings. The van der Waals surface area contributed by atoms with Gasteiger partial charge < -0.3 is 4.74 Å². The molecule has 0 aliphatic heterocycles. The Hall–Kier alpha value is -2.16. The number of methoxy groups -OCH3 is 1. The first-order valence-corrected chi connectivity index (χ1v) is 5.57. The van der Waals surface area contributed by atoms with Crippen molar-refractivity contribution in [3.8, 4) is 5.75 Å². The molecule has 2 nitrogen and oxygen atoms in total. The van der Waals surface area contributed by atoms with Crippen LogP contribution in [0.3, 0.4) is 0 Å². The first-order valence-electron chi connectivity index (χ1n) is 5.57. The molecule has 2 aromatic carbocycles. The summed E-state index contributed by atoms with van der Waals surface area (Å²) in [6.45, 7) is 1.93. The highest BCUT2D eigenvalue weighted by atomic mass is 19.1. The quantitative estimate of drug-likeness (QED) is 0.774. The van der Waals surface area contributed by atoms with Gasteiger partial charge in [-0.05, 0) is 19.1 Å². The van der Waals surface area contributed by atoms with Crippen molar-refractivity contribution >= 4 is 5.78 Å². The predicted octanol–water partition coefficient (Wildman–Crippen LogP) is 3.37. The Bertz CT molecular complexity index is 574. The molecule has 0 aromatic heterocycles. The van der Waals surface area contributed by atoms with Crippen molar-refractivity contribution in [3.05, 3.63) is 65.0 Å². The van der Waals surface area contributed by atoms with Crippen molar-refractivity contribution in [2.75, 3.05) is 7.11 Å². The molecular weight excluding hydrogens is 231 g/mol. The molecule has 0 atom stereocenters. The highest BCUT2D eigenvalue weighted by molar-refractivity contribution is 6.10. The Kier molecular flexibility index (Phi) is 3.42. The van der Waals surface area contributed by atoms with Crippen LogP contribution in [0.2, 0.25) is 0 Å². The van der Waals surface area contributed by atoms with E-state index in [0.29, 0.717) is 5.56 Å². The van der Waals surface area contributed by atoms with E-state index in [1.807, 2.05) is 19.1 Å². The van der Waals surface area contributed by atoms with Gasteiger partial charge in [0.25, 0.3) is 0 Å². The normalized spacial score (nSPS) is 10.2. The van der Waals surface area contributed by atoms with E-state index in [9.17, 15) is 9.18 Å². The van der Waals surface area contributed by atoms with E-state index < -0.39 is 5.82 Å². The standard InChI is InChI=1S/C15H13FO2/c1-10-6-8-11(9-7-10)15(17)14-12(16)4-3-5-13(14)18-2/h3-9H,1-2H3. The van der Waals surface area contributed by atoms with Crippen LogP contribution in [0.1, 0.15) is 21.5 Å². The Labute approximate surface area is 105 Å². The second-order valence-electron chi connectivity index (χ2n) is 4.01. The van der Waals surface area contributed by atoms with Crippen LogP contribution in [0.15, 0.2) is 42.5 Å². The van der Waals surface area contributed by atoms with Gasteiger partial charge in [-0.15, -0.1) is 0 Å². The Morgan fingerprint density at radius 2 is 1.78 bits per heavy atom. The number of ketones is 1. The SMILES string of the molecule is COc1cccc(F)c1C(=O)c1ccc(C)cc1. The molecule has 0 unspecified atom stereocenters. The van der Waals surface area contributed by atoms with Crippen molar-refractivity contribution < 1.29 is 13.9 Å². The van der Waals surface area contributed by atoms with Gasteiger partial charge in [0.05, 0.1) is 7.11 Å². The molecule has 18 heavy (non-hydrogen) atoms. The van der Waals surface area contributed by atoms with E-state index in [1.54, 1.807) is 18.2 Å². The lowest BCUT2D eigenvalue weighted by Crippen LogP contribution is -2.06. The summed E-state index contributed by atoms with van der Waals surface area (Å²) in [6.07, 6.45) is 0. The van der Waals surface area contributed by atoms with Gasteiger partial charge in [-0.3, -0.25) is 4.79 Å². The highest BCUT2D eigenvalue weighted by Crippen LogP contribution is 2.24. The minimum atomic E-state index is -0.570. The molecule has 0 fully saturated rings. The summed E-state index contributed by atoms with van der Waals surface area (Å²) in [5, 5.41) is 0. The summed E-state index contributed by atoms with van der Waals surface area (Å²) >= 11 is 0. The fourth-order valence-electron chi connectivity index (χ4n) is 1.74. The van der Waals surface area contributed by atoms with Gasteiger partial charge in [0.2, 0.25) is 0 Å². The molecule has 0 aliphatic carbocycles. The summed E-state index contributed by atoms with van der Waals surface area (Å²) in [5.41, 5.74) is 1.47. The molecule has 0 aliphatic rings. The molecule has 0 N–H and O–H groups in total. The van der Waals surface area contributed by atoms with Crippen LogP contribution in [0.5, 0.6) is 5.75 Å². The van der Waals surface area contributed by atoms with E-state index >= 15 is 0 Å². The molecule has 0 radical (unpaired) electrons. The van der Waals surface area contributed by atoms with Gasteiger partial charge in [-0.1, -0.05) is 35.9 Å². The third kappa shape index (κ3) is 2.25. The summed E-state index contributed by atoms with van der Waals surface area (Å²) < 4.78 is 18.8. The fourth-order valence-corrected chi connectivity index (χ4v) is 1.74. The van der Waals surface area contributed by atoms with Crippen LogP contribution >= 0.6 is 0 Å². The second kappa shape index (κ2) is 5.00. The first-order chi connectivity index (χ1) is 8.63. The second-order valence-corrected chi connectivity index (χ2v) is 4.01. The molecule has 0 bridgehead atoms. The minimum absolute atomic E-state index is 0.0242. The number of benzene rings is 2. The van der Waals surface area contributed by atoms with E-state index in [0.717, 1.165) is 5.56 Å². The van der Waals surface area contributed by atoms with Gasteiger partial charge >= 0.3 is 0 Å². The summed E-state index contributed by atoms with van der Waals surface area (Å²) in [7, 11) is 1.42. The van der Waals surface area contributed by atoms with Gasteiger partial charge in [0.15, 0.2) is 5.78 Å². The van der Waals surface area contributed by atoms with Crippen molar-refractivity contribution in [3.63, 3.8) is 0 Å². The fraction of sp³-hybridized carbons (Fsp3) is 0.133. The summed E-state index contributed by atoms with van der Waals surface area (Å²) in [6, 6.07) is 11.3. The van der Waals surface area contributed by atoms with Crippen LogP contribution in [0.4, 0.5) is 4.39 Å². The predicted molar refractivity (Wildman–Crippen MR) is 67.6 cm³/mol. The van der Waals surface area contributed by atoms with Crippen molar-refractivity contribution in [1.29, 1.82) is 0 Å². The molecule has 2 rings (SSSR count). The zero-order valence-corrected chi connectivity index (χ0v) is 10.2. The number of halogens is 1. The summed E-state index contributed by atoms with van der Waals surface area (Å²) in [5.74, 6) is -0.689. The summed E-state index contributed by atoms with van der Waals surface area (Å²) in [4.78, 5) is 12.2. The average Bonchev–Trinajstić information content (AvgIpc) is 2.38. The molecule has 0 heterocycles. The first kappa shape index (κ1) is 12.3. The van der Waals surface area contributed by atoms with Gasteiger partial charge in [-0.25, -0.2) is 4.39 Å². The zero-order valence-electron chi connectivity index (χ0n) is 10.2. The van der Waals surface area contributed by atoms with Crippen LogP contribution < -0.4 is 4.74 Å².